The van der Waals surface area contributed by atoms with E-state index in [9.17, 15) is 0 Å². The number of aromatic nitrogens is 5. The summed E-state index contributed by atoms with van der Waals surface area (Å²) >= 11 is 0. The normalized spacial score (nSPS) is 21.0. The highest BCUT2D eigenvalue weighted by atomic mass is 15.3. The SMILES string of the molecule is C[C@H]1CN(CCn2cncn2)CCN1Cc1nccn1C. The number of piperazine rings is 1. The Bertz CT molecular complexity index is 547. The van der Waals surface area contributed by atoms with Crippen LogP contribution in [0, 0.1) is 0 Å². The molecule has 0 radical (unpaired) electrons. The summed E-state index contributed by atoms with van der Waals surface area (Å²) in [5, 5.41) is 4.15. The molecule has 0 amide bonds. The summed E-state index contributed by atoms with van der Waals surface area (Å²) in [5.41, 5.74) is 0. The molecule has 1 aliphatic rings. The van der Waals surface area contributed by atoms with E-state index in [1.54, 1.807) is 12.7 Å². The summed E-state index contributed by atoms with van der Waals surface area (Å²) < 4.78 is 3.99. The molecule has 1 fully saturated rings. The average Bonchev–Trinajstić information content (AvgIpc) is 3.12. The maximum atomic E-state index is 4.42. The third-order valence-electron chi connectivity index (χ3n) is 4.23. The van der Waals surface area contributed by atoms with Gasteiger partial charge in [0, 0.05) is 51.7 Å². The fourth-order valence-corrected chi connectivity index (χ4v) is 2.83. The molecule has 7 heteroatoms. The highest BCUT2D eigenvalue weighted by Crippen LogP contribution is 2.12. The lowest BCUT2D eigenvalue weighted by atomic mass is 10.2. The van der Waals surface area contributed by atoms with Crippen molar-refractivity contribution in [3.8, 4) is 0 Å². The van der Waals surface area contributed by atoms with E-state index in [0.29, 0.717) is 6.04 Å². The number of hydrogen-bond acceptors (Lipinski definition) is 5. The molecule has 0 spiro atoms. The van der Waals surface area contributed by atoms with E-state index < -0.39 is 0 Å². The van der Waals surface area contributed by atoms with Crippen molar-refractivity contribution in [2.45, 2.75) is 26.1 Å². The molecule has 0 saturated carbocycles. The molecule has 3 rings (SSSR count). The maximum absolute atomic E-state index is 4.42. The standard InChI is InChI=1S/C14H23N7/c1-13-9-19(6-8-21-12-15-11-17-21)5-7-20(13)10-14-16-3-4-18(14)2/h3-4,11-13H,5-10H2,1-2H3/t13-/m0/s1. The van der Waals surface area contributed by atoms with Crippen molar-refractivity contribution in [1.29, 1.82) is 0 Å². The summed E-state index contributed by atoms with van der Waals surface area (Å²) in [4.78, 5) is 13.4. The molecule has 0 aliphatic carbocycles. The van der Waals surface area contributed by atoms with Gasteiger partial charge < -0.3 is 4.57 Å². The predicted octanol–water partition coefficient (Wildman–Crippen LogP) is 0.218. The molecule has 2 aromatic rings. The number of imidazole rings is 1. The molecular formula is C14H23N7. The molecule has 1 atom stereocenters. The Morgan fingerprint density at radius 2 is 2.19 bits per heavy atom. The Kier molecular flexibility index (Phi) is 4.31. The molecule has 0 unspecified atom stereocenters. The molecule has 1 aliphatic heterocycles. The number of rotatable bonds is 5. The van der Waals surface area contributed by atoms with Crippen LogP contribution in [0.1, 0.15) is 12.7 Å². The summed E-state index contributed by atoms with van der Waals surface area (Å²) in [6.07, 6.45) is 7.25. The highest BCUT2D eigenvalue weighted by molar-refractivity contribution is 4.93. The van der Waals surface area contributed by atoms with E-state index in [0.717, 1.165) is 45.1 Å². The predicted molar refractivity (Wildman–Crippen MR) is 79.5 cm³/mol. The van der Waals surface area contributed by atoms with Gasteiger partial charge in [-0.25, -0.2) is 9.97 Å². The minimum absolute atomic E-state index is 0.547. The van der Waals surface area contributed by atoms with Crippen LogP contribution in [-0.4, -0.2) is 66.3 Å². The molecule has 7 nitrogen and oxygen atoms in total. The quantitative estimate of drug-likeness (QED) is 0.788. The summed E-state index contributed by atoms with van der Waals surface area (Å²) in [7, 11) is 2.06. The van der Waals surface area contributed by atoms with E-state index in [-0.39, 0.29) is 0 Å². The number of hydrogen-bond donors (Lipinski definition) is 0. The van der Waals surface area contributed by atoms with E-state index in [2.05, 4.69) is 43.4 Å². The van der Waals surface area contributed by atoms with Gasteiger partial charge in [-0.15, -0.1) is 0 Å². The van der Waals surface area contributed by atoms with E-state index in [4.69, 9.17) is 0 Å². The summed E-state index contributed by atoms with van der Waals surface area (Å²) in [6, 6.07) is 0.547. The van der Waals surface area contributed by atoms with Crippen LogP contribution in [0.3, 0.4) is 0 Å². The lowest BCUT2D eigenvalue weighted by Crippen LogP contribution is -2.52. The van der Waals surface area contributed by atoms with Crippen LogP contribution in [0.2, 0.25) is 0 Å². The molecule has 114 valence electrons. The Labute approximate surface area is 125 Å². The van der Waals surface area contributed by atoms with Crippen molar-refractivity contribution in [3.05, 3.63) is 30.9 Å². The van der Waals surface area contributed by atoms with Gasteiger partial charge in [0.25, 0.3) is 0 Å². The van der Waals surface area contributed by atoms with Gasteiger partial charge >= 0.3 is 0 Å². The van der Waals surface area contributed by atoms with Gasteiger partial charge in [0.2, 0.25) is 0 Å². The molecule has 0 bridgehead atoms. The van der Waals surface area contributed by atoms with Crippen LogP contribution in [-0.2, 0) is 20.1 Å². The smallest absolute Gasteiger partial charge is 0.137 e. The van der Waals surface area contributed by atoms with Crippen molar-refractivity contribution in [2.75, 3.05) is 26.2 Å². The fraction of sp³-hybridized carbons (Fsp3) is 0.643. The summed E-state index contributed by atoms with van der Waals surface area (Å²) in [6.45, 7) is 8.45. The molecule has 21 heavy (non-hydrogen) atoms. The van der Waals surface area contributed by atoms with Gasteiger partial charge in [-0.2, -0.15) is 5.10 Å². The summed E-state index contributed by atoms with van der Waals surface area (Å²) in [5.74, 6) is 1.14. The zero-order valence-corrected chi connectivity index (χ0v) is 12.8. The first kappa shape index (κ1) is 14.2. The highest BCUT2D eigenvalue weighted by Gasteiger charge is 2.24. The first-order valence-corrected chi connectivity index (χ1v) is 7.47. The van der Waals surface area contributed by atoms with Crippen molar-refractivity contribution < 1.29 is 0 Å². The van der Waals surface area contributed by atoms with E-state index in [1.165, 1.54) is 0 Å². The zero-order chi connectivity index (χ0) is 14.7. The fourth-order valence-electron chi connectivity index (χ4n) is 2.83. The van der Waals surface area contributed by atoms with Crippen molar-refractivity contribution in [1.82, 2.24) is 34.1 Å². The zero-order valence-electron chi connectivity index (χ0n) is 12.8. The van der Waals surface area contributed by atoms with Gasteiger partial charge in [-0.3, -0.25) is 14.5 Å². The first-order valence-electron chi connectivity index (χ1n) is 7.47. The lowest BCUT2D eigenvalue weighted by Gasteiger charge is -2.39. The van der Waals surface area contributed by atoms with Crippen molar-refractivity contribution in [3.63, 3.8) is 0 Å². The Morgan fingerprint density at radius 3 is 2.86 bits per heavy atom. The third kappa shape index (κ3) is 3.48. The number of aryl methyl sites for hydroxylation is 1. The van der Waals surface area contributed by atoms with Crippen LogP contribution >= 0.6 is 0 Å². The Hall–Kier alpha value is -1.73. The van der Waals surface area contributed by atoms with Crippen LogP contribution in [0.15, 0.2) is 25.0 Å². The Morgan fingerprint density at radius 1 is 1.29 bits per heavy atom. The first-order chi connectivity index (χ1) is 10.2. The second-order valence-electron chi connectivity index (χ2n) is 5.73. The number of nitrogens with zero attached hydrogens (tertiary/aromatic N) is 7. The molecule has 3 heterocycles. The van der Waals surface area contributed by atoms with Gasteiger partial charge in [0.05, 0.1) is 13.1 Å². The van der Waals surface area contributed by atoms with Gasteiger partial charge in [-0.1, -0.05) is 0 Å². The second-order valence-corrected chi connectivity index (χ2v) is 5.73. The Balaban J connectivity index is 1.48. The van der Waals surface area contributed by atoms with Crippen molar-refractivity contribution >= 4 is 0 Å². The average molecular weight is 289 g/mol. The van der Waals surface area contributed by atoms with Gasteiger partial charge in [0.1, 0.15) is 18.5 Å². The van der Waals surface area contributed by atoms with Crippen molar-refractivity contribution in [2.24, 2.45) is 7.05 Å². The van der Waals surface area contributed by atoms with E-state index in [1.807, 2.05) is 17.1 Å². The minimum Gasteiger partial charge on any atom is -0.337 e. The molecule has 0 aromatic carbocycles. The molecular weight excluding hydrogens is 266 g/mol. The topological polar surface area (TPSA) is 55.0 Å². The minimum atomic E-state index is 0.547. The van der Waals surface area contributed by atoms with E-state index >= 15 is 0 Å². The molecule has 1 saturated heterocycles. The van der Waals surface area contributed by atoms with Crippen LogP contribution in [0.4, 0.5) is 0 Å². The van der Waals surface area contributed by atoms with Gasteiger partial charge in [-0.05, 0) is 6.92 Å². The second kappa shape index (κ2) is 6.36. The lowest BCUT2D eigenvalue weighted by molar-refractivity contribution is 0.0724. The largest absolute Gasteiger partial charge is 0.337 e. The van der Waals surface area contributed by atoms with Gasteiger partial charge in [0.15, 0.2) is 0 Å². The van der Waals surface area contributed by atoms with Crippen LogP contribution in [0.25, 0.3) is 0 Å². The maximum Gasteiger partial charge on any atom is 0.137 e. The van der Waals surface area contributed by atoms with Crippen LogP contribution < -0.4 is 0 Å². The molecule has 0 N–H and O–H groups in total. The molecule has 2 aromatic heterocycles. The third-order valence-corrected chi connectivity index (χ3v) is 4.23. The van der Waals surface area contributed by atoms with Crippen LogP contribution in [0.5, 0.6) is 0 Å². The monoisotopic (exact) mass is 289 g/mol.